The van der Waals surface area contributed by atoms with Gasteiger partial charge in [-0.15, -0.1) is 0 Å². The summed E-state index contributed by atoms with van der Waals surface area (Å²) in [5.74, 6) is -1.81. The fraction of sp³-hybridized carbons (Fsp3) is 0.296. The van der Waals surface area contributed by atoms with Gasteiger partial charge in [0, 0.05) is 55.4 Å². The van der Waals surface area contributed by atoms with E-state index in [2.05, 4.69) is 21.4 Å². The average Bonchev–Trinajstić information content (AvgIpc) is 3.62. The monoisotopic (exact) mass is 504 g/mol. The highest BCUT2D eigenvalue weighted by molar-refractivity contribution is 5.78. The molecule has 6 rings (SSSR count). The zero-order chi connectivity index (χ0) is 25.6. The smallest absolute Gasteiger partial charge is 0.261 e. The summed E-state index contributed by atoms with van der Waals surface area (Å²) in [6.45, 7) is 1.34. The van der Waals surface area contributed by atoms with E-state index in [9.17, 15) is 18.4 Å². The highest BCUT2D eigenvalue weighted by Crippen LogP contribution is 2.32. The molecule has 0 atom stereocenters. The number of aromatic nitrogens is 3. The number of hydrogen-bond donors (Lipinski definition) is 1. The van der Waals surface area contributed by atoms with Crippen LogP contribution in [0.25, 0.3) is 16.8 Å². The quantitative estimate of drug-likeness (QED) is 0.407. The molecule has 1 N–H and O–H groups in total. The van der Waals surface area contributed by atoms with Gasteiger partial charge in [-0.2, -0.15) is 5.26 Å². The zero-order valence-corrected chi connectivity index (χ0v) is 19.8. The summed E-state index contributed by atoms with van der Waals surface area (Å²) in [5.41, 5.74) is 4.62. The Labute approximate surface area is 211 Å². The van der Waals surface area contributed by atoms with Crippen LogP contribution in [0.5, 0.6) is 5.75 Å². The number of rotatable bonds is 6. The Morgan fingerprint density at radius 2 is 2.00 bits per heavy atom. The van der Waals surface area contributed by atoms with Gasteiger partial charge < -0.3 is 10.1 Å². The molecule has 0 bridgehead atoms. The predicted octanol–water partition coefficient (Wildman–Crippen LogP) is 4.80. The molecule has 2 aliphatic rings. The topological polar surface area (TPSA) is 78.5 Å². The SMILES string of the molecule is N#Cc1cn2c(NCc3c(F)ccc4c3CCO4)ncc(-c3ccc(CN4CCC(F)(F)C4)cc3)c2n1. The molecule has 0 aliphatic carbocycles. The summed E-state index contributed by atoms with van der Waals surface area (Å²) in [6.07, 6.45) is 3.79. The minimum absolute atomic E-state index is 0.108. The van der Waals surface area contributed by atoms with E-state index in [-0.39, 0.29) is 31.0 Å². The fourth-order valence-corrected chi connectivity index (χ4v) is 5.03. The Hall–Kier alpha value is -4.10. The van der Waals surface area contributed by atoms with Crippen molar-refractivity contribution in [3.05, 3.63) is 77.0 Å². The molecule has 1 fully saturated rings. The van der Waals surface area contributed by atoms with Crippen LogP contribution in [0.4, 0.5) is 19.1 Å². The van der Waals surface area contributed by atoms with Gasteiger partial charge in [0.2, 0.25) is 5.95 Å². The molecule has 7 nitrogen and oxygen atoms in total. The molecule has 4 aromatic rings. The van der Waals surface area contributed by atoms with E-state index in [0.29, 0.717) is 54.6 Å². The van der Waals surface area contributed by atoms with Gasteiger partial charge in [-0.1, -0.05) is 24.3 Å². The predicted molar refractivity (Wildman–Crippen MR) is 131 cm³/mol. The average molecular weight is 505 g/mol. The number of anilines is 1. The molecule has 0 spiro atoms. The maximum atomic E-state index is 14.6. The van der Waals surface area contributed by atoms with Crippen LogP contribution in [-0.4, -0.2) is 44.9 Å². The van der Waals surface area contributed by atoms with Crippen LogP contribution in [0.15, 0.2) is 48.8 Å². The van der Waals surface area contributed by atoms with Crippen molar-refractivity contribution in [3.8, 4) is 22.9 Å². The fourth-order valence-electron chi connectivity index (χ4n) is 5.03. The number of benzene rings is 2. The number of hydrogen-bond acceptors (Lipinski definition) is 6. The van der Waals surface area contributed by atoms with E-state index in [1.807, 2.05) is 24.3 Å². The summed E-state index contributed by atoms with van der Waals surface area (Å²) in [4.78, 5) is 10.8. The molecule has 0 saturated carbocycles. The first-order chi connectivity index (χ1) is 17.9. The molecule has 4 heterocycles. The Morgan fingerprint density at radius 1 is 1.16 bits per heavy atom. The van der Waals surface area contributed by atoms with Crippen LogP contribution in [-0.2, 0) is 19.5 Å². The van der Waals surface area contributed by atoms with Crippen LogP contribution in [0.3, 0.4) is 0 Å². The van der Waals surface area contributed by atoms with Crippen LogP contribution in [0.1, 0.15) is 28.8 Å². The van der Waals surface area contributed by atoms with Gasteiger partial charge >= 0.3 is 0 Å². The van der Waals surface area contributed by atoms with E-state index in [0.717, 1.165) is 16.7 Å². The van der Waals surface area contributed by atoms with E-state index in [1.165, 1.54) is 6.07 Å². The lowest BCUT2D eigenvalue weighted by molar-refractivity contribution is 0.0115. The van der Waals surface area contributed by atoms with Crippen molar-refractivity contribution in [1.29, 1.82) is 5.26 Å². The second kappa shape index (κ2) is 9.09. The van der Waals surface area contributed by atoms with Crippen LogP contribution in [0, 0.1) is 17.1 Å². The van der Waals surface area contributed by atoms with Crippen molar-refractivity contribution in [2.45, 2.75) is 31.9 Å². The first-order valence-corrected chi connectivity index (χ1v) is 12.0. The summed E-state index contributed by atoms with van der Waals surface area (Å²) < 4.78 is 48.9. The zero-order valence-electron chi connectivity index (χ0n) is 19.8. The summed E-state index contributed by atoms with van der Waals surface area (Å²) in [5, 5.41) is 12.6. The molecular weight excluding hydrogens is 481 g/mol. The molecule has 188 valence electrons. The molecule has 2 aromatic heterocycles. The first-order valence-electron chi connectivity index (χ1n) is 12.0. The Kier molecular flexibility index (Phi) is 5.72. The second-order valence-electron chi connectivity index (χ2n) is 9.40. The third-order valence-electron chi connectivity index (χ3n) is 6.89. The number of halogens is 3. The van der Waals surface area contributed by atoms with Crippen molar-refractivity contribution in [2.24, 2.45) is 0 Å². The Balaban J connectivity index is 1.27. The van der Waals surface area contributed by atoms with Gasteiger partial charge in [-0.3, -0.25) is 9.30 Å². The maximum absolute atomic E-state index is 14.6. The lowest BCUT2D eigenvalue weighted by atomic mass is 10.0. The van der Waals surface area contributed by atoms with E-state index >= 15 is 0 Å². The number of fused-ring (bicyclic) bond motifs is 2. The van der Waals surface area contributed by atoms with Gasteiger partial charge in [-0.25, -0.2) is 23.1 Å². The summed E-state index contributed by atoms with van der Waals surface area (Å²) in [6, 6.07) is 12.7. The molecular formula is C27H23F3N6O. The van der Waals surface area contributed by atoms with Gasteiger partial charge in [0.25, 0.3) is 5.92 Å². The third kappa shape index (κ3) is 4.47. The van der Waals surface area contributed by atoms with E-state index in [1.54, 1.807) is 27.8 Å². The third-order valence-corrected chi connectivity index (χ3v) is 6.89. The number of ether oxygens (including phenoxy) is 1. The Bertz CT molecular complexity index is 1530. The Morgan fingerprint density at radius 3 is 2.76 bits per heavy atom. The largest absolute Gasteiger partial charge is 0.493 e. The molecule has 2 aliphatic heterocycles. The van der Waals surface area contributed by atoms with Crippen LogP contribution in [0.2, 0.25) is 0 Å². The molecule has 37 heavy (non-hydrogen) atoms. The number of imidazole rings is 1. The number of alkyl halides is 2. The van der Waals surface area contributed by atoms with Crippen molar-refractivity contribution < 1.29 is 17.9 Å². The minimum atomic E-state index is -2.62. The van der Waals surface area contributed by atoms with Gasteiger partial charge in [-0.05, 0) is 23.3 Å². The normalized spacial score (nSPS) is 16.5. The van der Waals surface area contributed by atoms with Crippen molar-refractivity contribution in [1.82, 2.24) is 19.3 Å². The number of nitrogens with zero attached hydrogens (tertiary/aromatic N) is 5. The molecule has 0 amide bonds. The molecule has 0 radical (unpaired) electrons. The lowest BCUT2D eigenvalue weighted by Crippen LogP contribution is -2.24. The highest BCUT2D eigenvalue weighted by Gasteiger charge is 2.37. The summed E-state index contributed by atoms with van der Waals surface area (Å²) >= 11 is 0. The van der Waals surface area contributed by atoms with Gasteiger partial charge in [0.1, 0.15) is 17.6 Å². The van der Waals surface area contributed by atoms with E-state index < -0.39 is 5.92 Å². The minimum Gasteiger partial charge on any atom is -0.493 e. The van der Waals surface area contributed by atoms with Gasteiger partial charge in [0.15, 0.2) is 11.3 Å². The number of likely N-dealkylation sites (tertiary alicyclic amines) is 1. The molecule has 10 heteroatoms. The van der Waals surface area contributed by atoms with Crippen molar-refractivity contribution in [2.75, 3.05) is 25.0 Å². The number of nitrogens with one attached hydrogen (secondary N) is 1. The van der Waals surface area contributed by atoms with Crippen molar-refractivity contribution >= 4 is 11.6 Å². The van der Waals surface area contributed by atoms with Crippen molar-refractivity contribution in [3.63, 3.8) is 0 Å². The van der Waals surface area contributed by atoms with Gasteiger partial charge in [0.05, 0.1) is 19.3 Å². The highest BCUT2D eigenvalue weighted by atomic mass is 19.3. The molecule has 1 saturated heterocycles. The maximum Gasteiger partial charge on any atom is 0.261 e. The molecule has 0 unspecified atom stereocenters. The number of nitriles is 1. The van der Waals surface area contributed by atoms with Crippen LogP contribution >= 0.6 is 0 Å². The summed E-state index contributed by atoms with van der Waals surface area (Å²) in [7, 11) is 0. The standard InChI is InChI=1S/C27H23F3N6O/c28-23-5-6-24-20(7-10-37-24)22(23)13-33-26-32-12-21(25-34-19(11-31)15-36(25)26)18-3-1-17(2-4-18)14-35-9-8-27(29,30)16-35/h1-6,12,15H,7-10,13-14,16H2,(H,32,33). The lowest BCUT2D eigenvalue weighted by Gasteiger charge is -2.16. The van der Waals surface area contributed by atoms with E-state index in [4.69, 9.17) is 4.74 Å². The molecule has 2 aromatic carbocycles. The second-order valence-corrected chi connectivity index (χ2v) is 9.40. The van der Waals surface area contributed by atoms with Crippen LogP contribution < -0.4 is 10.1 Å². The first kappa shape index (κ1) is 23.3.